The third-order valence-corrected chi connectivity index (χ3v) is 3.15. The second kappa shape index (κ2) is 7.89. The highest BCUT2D eigenvalue weighted by Gasteiger charge is 2.18. The maximum absolute atomic E-state index is 14.1. The molecule has 0 spiro atoms. The first-order valence-corrected chi connectivity index (χ1v) is 7.05. The van der Waals surface area contributed by atoms with Gasteiger partial charge in [0.15, 0.2) is 17.4 Å². The van der Waals surface area contributed by atoms with Gasteiger partial charge in [-0.05, 0) is 42.2 Å². The molecule has 0 unspecified atom stereocenters. The molecule has 2 aromatic rings. The average Bonchev–Trinajstić information content (AvgIpc) is 2.57. The molecule has 1 radical (unpaired) electrons. The highest BCUT2D eigenvalue weighted by Crippen LogP contribution is 2.29. The van der Waals surface area contributed by atoms with Crippen LogP contribution in [0.15, 0.2) is 30.3 Å². The van der Waals surface area contributed by atoms with E-state index >= 15 is 0 Å². The van der Waals surface area contributed by atoms with Gasteiger partial charge in [0.25, 0.3) is 0 Å². The van der Waals surface area contributed by atoms with Crippen molar-refractivity contribution in [2.24, 2.45) is 0 Å². The second-order valence-electron chi connectivity index (χ2n) is 4.74. The van der Waals surface area contributed by atoms with Crippen LogP contribution in [0.25, 0.3) is 0 Å². The molecule has 0 bridgehead atoms. The minimum absolute atomic E-state index is 0.0614. The Hall–Kier alpha value is -2.45. The number of rotatable bonds is 6. The van der Waals surface area contributed by atoms with Crippen LogP contribution in [-0.2, 0) is 11.3 Å². The zero-order valence-corrected chi connectivity index (χ0v) is 12.8. The van der Waals surface area contributed by atoms with Gasteiger partial charge in [-0.1, -0.05) is 6.07 Å². The molecule has 2 N–H and O–H groups in total. The Morgan fingerprint density at radius 2 is 1.88 bits per heavy atom. The number of ether oxygens (including phenoxy) is 2. The molecule has 8 heteroatoms. The summed E-state index contributed by atoms with van der Waals surface area (Å²) in [6.45, 7) is 1.27. The van der Waals surface area contributed by atoms with Crippen molar-refractivity contribution in [2.45, 2.75) is 13.5 Å². The number of carbonyl (C=O) groups excluding carboxylic acids is 1. The van der Waals surface area contributed by atoms with Crippen LogP contribution < -0.4 is 10.2 Å². The number of carbonyl (C=O) groups is 1. The van der Waals surface area contributed by atoms with E-state index in [1.165, 1.54) is 18.2 Å². The first-order valence-electron chi connectivity index (χ1n) is 7.05. The van der Waals surface area contributed by atoms with Gasteiger partial charge in [-0.2, -0.15) is 0 Å². The summed E-state index contributed by atoms with van der Waals surface area (Å²) >= 11 is 0. The highest BCUT2D eigenvalue weighted by atomic mass is 19.1. The van der Waals surface area contributed by atoms with E-state index in [4.69, 9.17) is 9.76 Å². The average molecular weight is 335 g/mol. The van der Waals surface area contributed by atoms with E-state index in [0.717, 1.165) is 19.6 Å². The fourth-order valence-corrected chi connectivity index (χ4v) is 2.02. The maximum atomic E-state index is 14.1. The van der Waals surface area contributed by atoms with Crippen LogP contribution in [-0.4, -0.2) is 30.2 Å². The Balaban J connectivity index is 2.32. The van der Waals surface area contributed by atoms with Gasteiger partial charge >= 0.3 is 13.5 Å². The van der Waals surface area contributed by atoms with Crippen LogP contribution in [0.3, 0.4) is 0 Å². The Morgan fingerprint density at radius 1 is 1.21 bits per heavy atom. The summed E-state index contributed by atoms with van der Waals surface area (Å²) in [7, 11) is 0.796. The Morgan fingerprint density at radius 3 is 2.42 bits per heavy atom. The summed E-state index contributed by atoms with van der Waals surface area (Å²) in [6.07, 6.45) is 0. The summed E-state index contributed by atoms with van der Waals surface area (Å²) in [5.74, 6) is -3.60. The van der Waals surface area contributed by atoms with Gasteiger partial charge in [-0.25, -0.2) is 13.6 Å². The minimum atomic E-state index is -1.07. The number of hydrogen-bond acceptors (Lipinski definition) is 5. The smallest absolute Gasteiger partial charge is 0.338 e. The van der Waals surface area contributed by atoms with Gasteiger partial charge in [0, 0.05) is 0 Å². The summed E-state index contributed by atoms with van der Waals surface area (Å²) in [6, 6.07) is 5.77. The molecule has 5 nitrogen and oxygen atoms in total. The van der Waals surface area contributed by atoms with Gasteiger partial charge < -0.3 is 19.6 Å². The van der Waals surface area contributed by atoms with E-state index in [1.807, 2.05) is 0 Å². The van der Waals surface area contributed by atoms with Crippen molar-refractivity contribution in [3.63, 3.8) is 0 Å². The molecule has 0 saturated heterocycles. The van der Waals surface area contributed by atoms with Gasteiger partial charge in [0.05, 0.1) is 18.8 Å². The minimum Gasteiger partial charge on any atom is -0.462 e. The number of benzene rings is 2. The van der Waals surface area contributed by atoms with Crippen LogP contribution in [0.4, 0.5) is 8.78 Å². The van der Waals surface area contributed by atoms with Crippen molar-refractivity contribution in [1.29, 1.82) is 0 Å². The molecule has 24 heavy (non-hydrogen) atoms. The molecule has 0 amide bonds. The monoisotopic (exact) mass is 335 g/mol. The number of esters is 1. The Bertz CT molecular complexity index is 728. The lowest BCUT2D eigenvalue weighted by atomic mass is 9.84. The molecular formula is C16H14BF2O5. The molecule has 2 rings (SSSR count). The molecule has 0 saturated carbocycles. The van der Waals surface area contributed by atoms with Crippen molar-refractivity contribution in [3.05, 3.63) is 53.1 Å². The van der Waals surface area contributed by atoms with Crippen LogP contribution in [0.1, 0.15) is 22.8 Å². The fraction of sp³-hybridized carbons (Fsp3) is 0.188. The summed E-state index contributed by atoms with van der Waals surface area (Å²) in [5, 5.41) is 18.2. The largest absolute Gasteiger partial charge is 0.462 e. The summed E-state index contributed by atoms with van der Waals surface area (Å²) < 4.78 is 38.0. The van der Waals surface area contributed by atoms with Crippen molar-refractivity contribution in [2.75, 3.05) is 6.61 Å². The normalized spacial score (nSPS) is 10.4. The number of halogens is 2. The SMILES string of the molecule is CCOC(=O)c1cc(F)c(Oc2ccc([B]O)c(CO)c2)c(F)c1. The zero-order chi connectivity index (χ0) is 17.7. The van der Waals surface area contributed by atoms with Crippen LogP contribution in [0.2, 0.25) is 0 Å². The van der Waals surface area contributed by atoms with Crippen LogP contribution in [0, 0.1) is 11.6 Å². The lowest BCUT2D eigenvalue weighted by Crippen LogP contribution is -2.18. The third-order valence-electron chi connectivity index (χ3n) is 3.15. The van der Waals surface area contributed by atoms with E-state index in [9.17, 15) is 18.7 Å². The van der Waals surface area contributed by atoms with Crippen LogP contribution in [0.5, 0.6) is 11.5 Å². The van der Waals surface area contributed by atoms with Gasteiger partial charge in [-0.3, -0.25) is 0 Å². The predicted molar refractivity (Wildman–Crippen MR) is 82.4 cm³/mol. The van der Waals surface area contributed by atoms with Crippen molar-refractivity contribution >= 4 is 18.9 Å². The van der Waals surface area contributed by atoms with Gasteiger partial charge in [0.1, 0.15) is 5.75 Å². The number of hydrogen-bond donors (Lipinski definition) is 2. The zero-order valence-electron chi connectivity index (χ0n) is 12.8. The molecular weight excluding hydrogens is 321 g/mol. The van der Waals surface area contributed by atoms with Gasteiger partial charge in [0.2, 0.25) is 0 Å². The predicted octanol–water partition coefficient (Wildman–Crippen LogP) is 1.66. The summed E-state index contributed by atoms with van der Waals surface area (Å²) in [4.78, 5) is 11.5. The molecule has 2 aromatic carbocycles. The fourth-order valence-electron chi connectivity index (χ4n) is 2.02. The lowest BCUT2D eigenvalue weighted by Gasteiger charge is -2.12. The highest BCUT2D eigenvalue weighted by molar-refractivity contribution is 6.46. The van der Waals surface area contributed by atoms with E-state index in [1.54, 1.807) is 6.92 Å². The van der Waals surface area contributed by atoms with Crippen molar-refractivity contribution in [1.82, 2.24) is 0 Å². The molecule has 0 aliphatic rings. The molecule has 0 atom stereocenters. The van der Waals surface area contributed by atoms with E-state index in [0.29, 0.717) is 11.0 Å². The number of aliphatic hydroxyl groups excluding tert-OH is 1. The molecule has 0 aromatic heterocycles. The van der Waals surface area contributed by atoms with Gasteiger partial charge in [-0.15, -0.1) is 0 Å². The Kier molecular flexibility index (Phi) is 5.89. The molecule has 0 fully saturated rings. The van der Waals surface area contributed by atoms with Crippen LogP contribution >= 0.6 is 0 Å². The van der Waals surface area contributed by atoms with Crippen molar-refractivity contribution in [3.8, 4) is 11.5 Å². The molecule has 125 valence electrons. The first-order chi connectivity index (χ1) is 11.5. The first kappa shape index (κ1) is 17.9. The Labute approximate surface area is 137 Å². The standard InChI is InChI=1S/C16H14BF2O5/c1-2-23-16(21)9-6-13(18)15(14(19)7-9)24-11-3-4-12(17-22)10(5-11)8-20/h3-7,20,22H,2,8H2,1H3. The van der Waals surface area contributed by atoms with Crippen molar-refractivity contribution < 1.29 is 33.2 Å². The van der Waals surface area contributed by atoms with E-state index in [-0.39, 0.29) is 17.9 Å². The maximum Gasteiger partial charge on any atom is 0.338 e. The molecule has 0 heterocycles. The third kappa shape index (κ3) is 3.90. The summed E-state index contributed by atoms with van der Waals surface area (Å²) in [5.41, 5.74) is 0.405. The second-order valence-corrected chi connectivity index (χ2v) is 4.74. The van der Waals surface area contributed by atoms with E-state index < -0.39 is 30.0 Å². The molecule has 0 aliphatic heterocycles. The van der Waals surface area contributed by atoms with E-state index in [2.05, 4.69) is 4.74 Å². The topological polar surface area (TPSA) is 76.0 Å². The number of aliphatic hydroxyl groups is 1. The molecule has 0 aliphatic carbocycles. The lowest BCUT2D eigenvalue weighted by molar-refractivity contribution is 0.0525. The quantitative estimate of drug-likeness (QED) is 0.620.